The van der Waals surface area contributed by atoms with Crippen molar-refractivity contribution in [2.24, 2.45) is 0 Å². The summed E-state index contributed by atoms with van der Waals surface area (Å²) in [4.78, 5) is 22.8. The van der Waals surface area contributed by atoms with Gasteiger partial charge in [-0.2, -0.15) is 0 Å². The van der Waals surface area contributed by atoms with Gasteiger partial charge in [0.1, 0.15) is 6.04 Å². The van der Waals surface area contributed by atoms with Crippen LogP contribution in [-0.2, 0) is 9.59 Å². The van der Waals surface area contributed by atoms with E-state index in [9.17, 15) is 9.59 Å². The monoisotopic (exact) mass is 229 g/mol. The average Bonchev–Trinajstić information content (AvgIpc) is 2.16. The van der Waals surface area contributed by atoms with E-state index in [1.807, 2.05) is 20.8 Å². The Bertz CT molecular complexity index is 229. The second kappa shape index (κ2) is 8.10. The first-order valence-electron chi connectivity index (χ1n) is 5.77. The minimum absolute atomic E-state index is 0.0880. The normalized spacial score (nSPS) is 12.3. The van der Waals surface area contributed by atoms with E-state index in [1.54, 1.807) is 6.92 Å². The van der Waals surface area contributed by atoms with E-state index < -0.39 is 6.04 Å². The van der Waals surface area contributed by atoms with Gasteiger partial charge in [0.2, 0.25) is 11.8 Å². The first-order valence-corrected chi connectivity index (χ1v) is 5.77. The molecule has 2 amide bonds. The maximum Gasteiger partial charge on any atom is 0.242 e. The van der Waals surface area contributed by atoms with Gasteiger partial charge in [0.15, 0.2) is 0 Å². The summed E-state index contributed by atoms with van der Waals surface area (Å²) < 4.78 is 0. The molecule has 0 bridgehead atoms. The molecule has 0 fully saturated rings. The fraction of sp³-hybridized carbons (Fsp3) is 0.818. The highest BCUT2D eigenvalue weighted by molar-refractivity contribution is 5.88. The largest absolute Gasteiger partial charge is 0.352 e. The zero-order valence-corrected chi connectivity index (χ0v) is 10.6. The third kappa shape index (κ3) is 7.23. The quantitative estimate of drug-likeness (QED) is 0.539. The summed E-state index contributed by atoms with van der Waals surface area (Å²) in [6.07, 6.45) is 0.983. The lowest BCUT2D eigenvalue weighted by molar-refractivity contribution is -0.128. The highest BCUT2D eigenvalue weighted by Crippen LogP contribution is 1.85. The van der Waals surface area contributed by atoms with Gasteiger partial charge in [0.25, 0.3) is 0 Å². The lowest BCUT2D eigenvalue weighted by Gasteiger charge is -2.16. The molecule has 1 atom stereocenters. The van der Waals surface area contributed by atoms with E-state index in [0.717, 1.165) is 13.0 Å². The average molecular weight is 229 g/mol. The molecule has 0 aliphatic rings. The van der Waals surface area contributed by atoms with E-state index in [4.69, 9.17) is 0 Å². The summed E-state index contributed by atoms with van der Waals surface area (Å²) in [7, 11) is 0. The fourth-order valence-corrected chi connectivity index (χ4v) is 1.15. The lowest BCUT2D eigenvalue weighted by Crippen LogP contribution is -2.48. The number of nitrogens with one attached hydrogen (secondary N) is 3. The molecular weight excluding hydrogens is 206 g/mol. The van der Waals surface area contributed by atoms with Crippen molar-refractivity contribution in [3.05, 3.63) is 0 Å². The first-order chi connectivity index (χ1) is 7.47. The van der Waals surface area contributed by atoms with Crippen molar-refractivity contribution in [1.82, 2.24) is 16.0 Å². The van der Waals surface area contributed by atoms with Crippen molar-refractivity contribution in [1.29, 1.82) is 0 Å². The zero-order valence-electron chi connectivity index (χ0n) is 10.6. The topological polar surface area (TPSA) is 70.2 Å². The van der Waals surface area contributed by atoms with E-state index in [0.29, 0.717) is 0 Å². The summed E-state index contributed by atoms with van der Waals surface area (Å²) in [5.74, 6) is -0.307. The molecule has 3 N–H and O–H groups in total. The number of hydrogen-bond donors (Lipinski definition) is 3. The summed E-state index contributed by atoms with van der Waals surface area (Å²) in [6, 6.07) is -0.400. The van der Waals surface area contributed by atoms with Gasteiger partial charge in [0.05, 0.1) is 6.54 Å². The van der Waals surface area contributed by atoms with Crippen LogP contribution in [0.15, 0.2) is 0 Å². The van der Waals surface area contributed by atoms with Crippen molar-refractivity contribution in [2.75, 3.05) is 13.1 Å². The molecule has 0 aliphatic carbocycles. The standard InChI is InChI=1S/C11H23N3O2/c1-5-6-12-7-10(15)14-9(4)11(16)13-8(2)3/h8-9,12H,5-7H2,1-4H3,(H,13,16)(H,14,15). The highest BCUT2D eigenvalue weighted by Gasteiger charge is 2.15. The van der Waals surface area contributed by atoms with Crippen LogP contribution in [0.4, 0.5) is 0 Å². The Morgan fingerprint density at radius 2 is 1.75 bits per heavy atom. The summed E-state index contributed by atoms with van der Waals surface area (Å²) in [5.41, 5.74) is 0. The maximum absolute atomic E-state index is 11.5. The molecule has 5 heteroatoms. The van der Waals surface area contributed by atoms with Crippen LogP contribution in [0.25, 0.3) is 0 Å². The van der Waals surface area contributed by atoms with Gasteiger partial charge >= 0.3 is 0 Å². The van der Waals surface area contributed by atoms with Crippen molar-refractivity contribution in [2.45, 2.75) is 46.2 Å². The van der Waals surface area contributed by atoms with E-state index in [2.05, 4.69) is 16.0 Å². The molecule has 0 radical (unpaired) electrons. The molecule has 0 aliphatic heterocycles. The maximum atomic E-state index is 11.5. The van der Waals surface area contributed by atoms with Crippen molar-refractivity contribution >= 4 is 11.8 Å². The van der Waals surface area contributed by atoms with Gasteiger partial charge in [-0.25, -0.2) is 0 Å². The van der Waals surface area contributed by atoms with Crippen LogP contribution in [0.3, 0.4) is 0 Å². The molecule has 0 rings (SSSR count). The predicted octanol–water partition coefficient (Wildman–Crippen LogP) is 0.0153. The Morgan fingerprint density at radius 3 is 2.25 bits per heavy atom. The van der Waals surface area contributed by atoms with Crippen LogP contribution in [-0.4, -0.2) is 37.0 Å². The molecule has 0 heterocycles. The van der Waals surface area contributed by atoms with Crippen LogP contribution >= 0.6 is 0 Å². The summed E-state index contributed by atoms with van der Waals surface area (Å²) >= 11 is 0. The van der Waals surface area contributed by atoms with Gasteiger partial charge < -0.3 is 16.0 Å². The van der Waals surface area contributed by atoms with Gasteiger partial charge in [-0.3, -0.25) is 9.59 Å². The Hall–Kier alpha value is -1.10. The zero-order chi connectivity index (χ0) is 12.6. The van der Waals surface area contributed by atoms with Gasteiger partial charge in [-0.15, -0.1) is 0 Å². The second-order valence-corrected chi connectivity index (χ2v) is 4.13. The van der Waals surface area contributed by atoms with E-state index in [1.165, 1.54) is 0 Å². The SMILES string of the molecule is CCCNCC(=O)NC(C)C(=O)NC(C)C. The number of rotatable bonds is 7. The Labute approximate surface area is 97.4 Å². The minimum atomic E-state index is -0.488. The molecule has 0 saturated carbocycles. The molecule has 0 aromatic heterocycles. The summed E-state index contributed by atoms with van der Waals surface area (Å²) in [5, 5.41) is 8.35. The Kier molecular flexibility index (Phi) is 7.54. The number of carbonyl (C=O) groups is 2. The minimum Gasteiger partial charge on any atom is -0.352 e. The highest BCUT2D eigenvalue weighted by atomic mass is 16.2. The smallest absolute Gasteiger partial charge is 0.242 e. The number of hydrogen-bond acceptors (Lipinski definition) is 3. The number of carbonyl (C=O) groups excluding carboxylic acids is 2. The molecule has 5 nitrogen and oxygen atoms in total. The molecule has 0 saturated heterocycles. The first kappa shape index (κ1) is 14.9. The Morgan fingerprint density at radius 1 is 1.12 bits per heavy atom. The van der Waals surface area contributed by atoms with Gasteiger partial charge in [-0.1, -0.05) is 6.92 Å². The van der Waals surface area contributed by atoms with Crippen LogP contribution < -0.4 is 16.0 Å². The van der Waals surface area contributed by atoms with Crippen LogP contribution in [0.2, 0.25) is 0 Å². The van der Waals surface area contributed by atoms with Crippen LogP contribution in [0.5, 0.6) is 0 Å². The molecule has 0 aromatic carbocycles. The van der Waals surface area contributed by atoms with E-state index >= 15 is 0 Å². The summed E-state index contributed by atoms with van der Waals surface area (Å²) in [6.45, 7) is 8.54. The van der Waals surface area contributed by atoms with Crippen molar-refractivity contribution in [3.63, 3.8) is 0 Å². The predicted molar refractivity (Wildman–Crippen MR) is 64.0 cm³/mol. The molecule has 0 spiro atoms. The third-order valence-corrected chi connectivity index (χ3v) is 1.91. The fourth-order valence-electron chi connectivity index (χ4n) is 1.15. The van der Waals surface area contributed by atoms with Crippen molar-refractivity contribution in [3.8, 4) is 0 Å². The Balaban J connectivity index is 3.80. The molecule has 94 valence electrons. The second-order valence-electron chi connectivity index (χ2n) is 4.13. The molecular formula is C11H23N3O2. The van der Waals surface area contributed by atoms with Gasteiger partial charge in [0, 0.05) is 6.04 Å². The third-order valence-electron chi connectivity index (χ3n) is 1.91. The lowest BCUT2D eigenvalue weighted by atomic mass is 10.3. The van der Waals surface area contributed by atoms with Crippen molar-refractivity contribution < 1.29 is 9.59 Å². The van der Waals surface area contributed by atoms with Crippen LogP contribution in [0.1, 0.15) is 34.1 Å². The molecule has 16 heavy (non-hydrogen) atoms. The molecule has 0 aromatic rings. The molecule has 1 unspecified atom stereocenters. The number of amides is 2. The van der Waals surface area contributed by atoms with Crippen LogP contribution in [0, 0.1) is 0 Å². The van der Waals surface area contributed by atoms with Gasteiger partial charge in [-0.05, 0) is 33.7 Å². The van der Waals surface area contributed by atoms with E-state index in [-0.39, 0.29) is 24.4 Å².